The van der Waals surface area contributed by atoms with Gasteiger partial charge in [0, 0.05) is 5.56 Å². The van der Waals surface area contributed by atoms with Crippen molar-refractivity contribution >= 4 is 21.6 Å². The van der Waals surface area contributed by atoms with E-state index in [1.165, 1.54) is 23.5 Å². The zero-order chi connectivity index (χ0) is 29.2. The minimum atomic E-state index is -4.05. The molecule has 2 atom stereocenters. The van der Waals surface area contributed by atoms with E-state index < -0.39 is 28.1 Å². The van der Waals surface area contributed by atoms with Crippen molar-refractivity contribution in [2.75, 3.05) is 32.2 Å². The van der Waals surface area contributed by atoms with Crippen LogP contribution in [0.1, 0.15) is 44.9 Å². The molecule has 0 aliphatic carbocycles. The van der Waals surface area contributed by atoms with E-state index >= 15 is 0 Å². The Kier molecular flexibility index (Phi) is 8.20. The summed E-state index contributed by atoms with van der Waals surface area (Å²) in [5.74, 6) is 1.59. The Morgan fingerprint density at radius 1 is 0.950 bits per heavy atom. The first-order valence-electron chi connectivity index (χ1n) is 12.9. The Hall–Kier alpha value is -3.92. The van der Waals surface area contributed by atoms with Crippen molar-refractivity contribution in [1.29, 1.82) is 0 Å². The number of rotatable bonds is 8. The number of benzene rings is 3. The minimum absolute atomic E-state index is 0.0796. The fourth-order valence-corrected chi connectivity index (χ4v) is 5.99. The van der Waals surface area contributed by atoms with Crippen molar-refractivity contribution < 1.29 is 32.2 Å². The molecule has 1 heterocycles. The van der Waals surface area contributed by atoms with Crippen LogP contribution in [0.2, 0.25) is 0 Å². The monoisotopic (exact) mass is 568 g/mol. The van der Waals surface area contributed by atoms with Crippen molar-refractivity contribution in [2.24, 2.45) is 0 Å². The van der Waals surface area contributed by atoms with Gasteiger partial charge in [0.25, 0.3) is 15.9 Å². The molecule has 0 radical (unpaired) electrons. The summed E-state index contributed by atoms with van der Waals surface area (Å²) in [6.07, 6.45) is -1.10. The number of nitrogens with zero attached hydrogens (tertiary/aromatic N) is 1. The van der Waals surface area contributed by atoms with Gasteiger partial charge in [0.05, 0.1) is 44.5 Å². The van der Waals surface area contributed by atoms with E-state index in [0.717, 1.165) is 5.56 Å². The third-order valence-corrected chi connectivity index (χ3v) is 8.69. The number of carbonyl (C=O) groups excluding carboxylic acids is 1. The van der Waals surface area contributed by atoms with Gasteiger partial charge in [0.1, 0.15) is 23.0 Å². The topological polar surface area (TPSA) is 103 Å². The lowest BCUT2D eigenvalue weighted by Gasteiger charge is -2.36. The summed E-state index contributed by atoms with van der Waals surface area (Å²) < 4.78 is 51.2. The standard InChI is InChI=1S/C30H36N2O7S/c1-19(24-17-22(37-6)11-15-26(24)38-7)31-29(33)28-18-32(40(34,35)23-12-9-21(36-5)10-13-23)25-16-20(30(2,3)4)8-14-27(25)39-28/h8-17,19,28H,18H2,1-7H3,(H,31,33)/t19-,28-/m1/s1. The highest BCUT2D eigenvalue weighted by Gasteiger charge is 2.39. The zero-order valence-electron chi connectivity index (χ0n) is 23.8. The molecular formula is C30H36N2O7S. The molecule has 1 amide bonds. The zero-order valence-corrected chi connectivity index (χ0v) is 24.7. The van der Waals surface area contributed by atoms with Crippen molar-refractivity contribution in [3.05, 3.63) is 71.8 Å². The number of methoxy groups -OCH3 is 3. The largest absolute Gasteiger partial charge is 0.497 e. The molecule has 0 fully saturated rings. The summed E-state index contributed by atoms with van der Waals surface area (Å²) >= 11 is 0. The van der Waals surface area contributed by atoms with Crippen molar-refractivity contribution in [1.82, 2.24) is 5.32 Å². The summed E-state index contributed by atoms with van der Waals surface area (Å²) in [5.41, 5.74) is 1.80. The Labute approximate surface area is 236 Å². The lowest BCUT2D eigenvalue weighted by Crippen LogP contribution is -2.51. The molecule has 0 saturated carbocycles. The molecule has 10 heteroatoms. The number of ether oxygens (including phenoxy) is 4. The first kappa shape index (κ1) is 29.1. The van der Waals surface area contributed by atoms with E-state index in [1.54, 1.807) is 50.6 Å². The first-order chi connectivity index (χ1) is 18.9. The van der Waals surface area contributed by atoms with Crippen LogP contribution in [0.25, 0.3) is 0 Å². The molecule has 1 N–H and O–H groups in total. The number of hydrogen-bond acceptors (Lipinski definition) is 7. The van der Waals surface area contributed by atoms with E-state index in [4.69, 9.17) is 18.9 Å². The fourth-order valence-electron chi connectivity index (χ4n) is 4.52. The molecule has 0 bridgehead atoms. The molecular weight excluding hydrogens is 532 g/mol. The molecule has 1 aliphatic heterocycles. The second-order valence-corrected chi connectivity index (χ2v) is 12.5. The summed E-state index contributed by atoms with van der Waals surface area (Å²) in [5, 5.41) is 2.95. The smallest absolute Gasteiger partial charge is 0.264 e. The molecule has 0 aromatic heterocycles. The van der Waals surface area contributed by atoms with Crippen LogP contribution in [0.3, 0.4) is 0 Å². The number of sulfonamides is 1. The van der Waals surface area contributed by atoms with Crippen LogP contribution in [0.15, 0.2) is 65.6 Å². The van der Waals surface area contributed by atoms with Gasteiger partial charge < -0.3 is 24.3 Å². The summed E-state index contributed by atoms with van der Waals surface area (Å²) in [4.78, 5) is 13.6. The molecule has 9 nitrogen and oxygen atoms in total. The predicted octanol–water partition coefficient (Wildman–Crippen LogP) is 4.84. The summed E-state index contributed by atoms with van der Waals surface area (Å²) in [6, 6.07) is 16.4. The molecule has 214 valence electrons. The van der Waals surface area contributed by atoms with Crippen LogP contribution in [0.4, 0.5) is 5.69 Å². The quantitative estimate of drug-likeness (QED) is 0.415. The molecule has 0 unspecified atom stereocenters. The van der Waals surface area contributed by atoms with Gasteiger partial charge in [-0.05, 0) is 72.5 Å². The maximum Gasteiger partial charge on any atom is 0.264 e. The van der Waals surface area contributed by atoms with E-state index in [2.05, 4.69) is 5.32 Å². The van der Waals surface area contributed by atoms with E-state index in [0.29, 0.717) is 34.2 Å². The first-order valence-corrected chi connectivity index (χ1v) is 14.3. The van der Waals surface area contributed by atoms with Crippen LogP contribution >= 0.6 is 0 Å². The Morgan fingerprint density at radius 2 is 1.60 bits per heavy atom. The van der Waals surface area contributed by atoms with Crippen LogP contribution < -0.4 is 28.6 Å². The fraction of sp³-hybridized carbons (Fsp3) is 0.367. The lowest BCUT2D eigenvalue weighted by atomic mass is 9.86. The van der Waals surface area contributed by atoms with Gasteiger partial charge in [0.15, 0.2) is 6.10 Å². The second kappa shape index (κ2) is 11.3. The second-order valence-electron chi connectivity index (χ2n) is 10.6. The summed E-state index contributed by atoms with van der Waals surface area (Å²) in [6.45, 7) is 7.75. The molecule has 0 saturated heterocycles. The Bertz CT molecular complexity index is 1480. The normalized spacial score (nSPS) is 15.9. The van der Waals surface area contributed by atoms with Crippen molar-refractivity contribution in [2.45, 2.75) is 50.2 Å². The highest BCUT2D eigenvalue weighted by Crippen LogP contribution is 2.40. The molecule has 40 heavy (non-hydrogen) atoms. The van der Waals surface area contributed by atoms with Crippen LogP contribution in [0, 0.1) is 0 Å². The van der Waals surface area contributed by atoms with Crippen molar-refractivity contribution in [3.63, 3.8) is 0 Å². The molecule has 4 rings (SSSR count). The van der Waals surface area contributed by atoms with Crippen LogP contribution in [-0.4, -0.2) is 48.3 Å². The van der Waals surface area contributed by atoms with Crippen LogP contribution in [0.5, 0.6) is 23.0 Å². The number of fused-ring (bicyclic) bond motifs is 1. The van der Waals surface area contributed by atoms with E-state index in [9.17, 15) is 13.2 Å². The third-order valence-electron chi connectivity index (χ3n) is 6.90. The highest BCUT2D eigenvalue weighted by atomic mass is 32.2. The van der Waals surface area contributed by atoms with Gasteiger partial charge in [-0.3, -0.25) is 9.10 Å². The van der Waals surface area contributed by atoms with Gasteiger partial charge in [-0.2, -0.15) is 0 Å². The van der Waals surface area contributed by atoms with Crippen LogP contribution in [-0.2, 0) is 20.2 Å². The predicted molar refractivity (Wildman–Crippen MR) is 153 cm³/mol. The maximum absolute atomic E-state index is 13.9. The van der Waals surface area contributed by atoms with E-state index in [1.807, 2.05) is 39.8 Å². The van der Waals surface area contributed by atoms with Gasteiger partial charge in [-0.15, -0.1) is 0 Å². The average molecular weight is 569 g/mol. The number of carbonyl (C=O) groups is 1. The SMILES string of the molecule is COc1ccc(S(=O)(=O)N2C[C@H](C(=O)N[C@H](C)c3cc(OC)ccc3OC)Oc3ccc(C(C)(C)C)cc32)cc1. The van der Waals surface area contributed by atoms with Gasteiger partial charge in [-0.1, -0.05) is 26.8 Å². The number of nitrogens with one attached hydrogen (secondary N) is 1. The number of anilines is 1. The van der Waals surface area contributed by atoms with Gasteiger partial charge >= 0.3 is 0 Å². The van der Waals surface area contributed by atoms with Crippen molar-refractivity contribution in [3.8, 4) is 23.0 Å². The van der Waals surface area contributed by atoms with E-state index in [-0.39, 0.29) is 16.9 Å². The molecule has 3 aromatic rings. The highest BCUT2D eigenvalue weighted by molar-refractivity contribution is 7.92. The Balaban J connectivity index is 1.70. The minimum Gasteiger partial charge on any atom is -0.497 e. The Morgan fingerprint density at radius 3 is 2.20 bits per heavy atom. The average Bonchev–Trinajstić information content (AvgIpc) is 2.95. The number of hydrogen-bond donors (Lipinski definition) is 1. The molecule has 3 aromatic carbocycles. The van der Waals surface area contributed by atoms with Gasteiger partial charge in [-0.25, -0.2) is 8.42 Å². The summed E-state index contributed by atoms with van der Waals surface area (Å²) in [7, 11) is 0.578. The lowest BCUT2D eigenvalue weighted by molar-refractivity contribution is -0.128. The molecule has 1 aliphatic rings. The molecule has 0 spiro atoms. The number of amides is 1. The maximum atomic E-state index is 13.9. The van der Waals surface area contributed by atoms with Gasteiger partial charge in [0.2, 0.25) is 0 Å². The third kappa shape index (κ3) is 5.82.